The highest BCUT2D eigenvalue weighted by Crippen LogP contribution is 2.52. The van der Waals surface area contributed by atoms with E-state index in [9.17, 15) is 5.11 Å². The third-order valence-electron chi connectivity index (χ3n) is 6.52. The number of para-hydroxylation sites is 1. The number of hydrogen-bond acceptors (Lipinski definition) is 2. The molecule has 3 unspecified atom stereocenters. The highest BCUT2D eigenvalue weighted by atomic mass is 16.3. The molecule has 2 aromatic rings. The Balaban J connectivity index is 1.83. The number of rotatable bonds is 1. The standard InChI is InChI=1S/C19H24N2O/c1-2-19(22)12-21-16-8-4-3-6-13(16)14-9-11-20-10-5-7-15(19)18(20)17(14)21/h3-4,6,8,15,18,22H,2,5,7,9-12H2,1H3. The molecule has 0 spiro atoms. The van der Waals surface area contributed by atoms with Crippen LogP contribution < -0.4 is 0 Å². The molecular formula is C19H24N2O. The van der Waals surface area contributed by atoms with Gasteiger partial charge in [-0.25, -0.2) is 0 Å². The van der Waals surface area contributed by atoms with Crippen LogP contribution in [0.25, 0.3) is 10.9 Å². The predicted molar refractivity (Wildman–Crippen MR) is 87.9 cm³/mol. The SMILES string of the molecule is CCC1(O)Cn2c3c(c4ccccc42)CCN2CCCC1C32. The van der Waals surface area contributed by atoms with Crippen LogP contribution in [0.15, 0.2) is 24.3 Å². The molecule has 3 atom stereocenters. The van der Waals surface area contributed by atoms with E-state index in [1.807, 2.05) is 0 Å². The Bertz CT molecular complexity index is 749. The molecule has 5 rings (SSSR count). The Morgan fingerprint density at radius 3 is 3.00 bits per heavy atom. The lowest BCUT2D eigenvalue weighted by molar-refractivity contribution is -0.109. The van der Waals surface area contributed by atoms with Gasteiger partial charge in [-0.2, -0.15) is 0 Å². The van der Waals surface area contributed by atoms with Crippen LogP contribution in [0.1, 0.15) is 43.5 Å². The Morgan fingerprint density at radius 1 is 1.27 bits per heavy atom. The fraction of sp³-hybridized carbons (Fsp3) is 0.579. The zero-order valence-corrected chi connectivity index (χ0v) is 13.3. The molecular weight excluding hydrogens is 272 g/mol. The Morgan fingerprint density at radius 2 is 2.14 bits per heavy atom. The van der Waals surface area contributed by atoms with Crippen LogP contribution in [0.3, 0.4) is 0 Å². The summed E-state index contributed by atoms with van der Waals surface area (Å²) in [6.07, 6.45) is 4.42. The number of fused-ring (bicyclic) bond motifs is 3. The fourth-order valence-corrected chi connectivity index (χ4v) is 5.43. The summed E-state index contributed by atoms with van der Waals surface area (Å²) in [7, 11) is 0. The van der Waals surface area contributed by atoms with E-state index in [1.54, 1.807) is 5.56 Å². The molecule has 1 saturated heterocycles. The molecule has 3 aliphatic heterocycles. The van der Waals surface area contributed by atoms with Gasteiger partial charge in [0.2, 0.25) is 0 Å². The van der Waals surface area contributed by atoms with Crippen LogP contribution in [0.5, 0.6) is 0 Å². The first-order valence-corrected chi connectivity index (χ1v) is 8.79. The minimum Gasteiger partial charge on any atom is -0.388 e. The van der Waals surface area contributed by atoms with E-state index in [1.165, 1.54) is 36.0 Å². The molecule has 0 amide bonds. The Kier molecular flexibility index (Phi) is 2.61. The molecule has 1 fully saturated rings. The average molecular weight is 296 g/mol. The van der Waals surface area contributed by atoms with E-state index in [0.29, 0.717) is 12.0 Å². The van der Waals surface area contributed by atoms with Gasteiger partial charge < -0.3 is 9.67 Å². The van der Waals surface area contributed by atoms with Crippen molar-refractivity contribution in [3.8, 4) is 0 Å². The predicted octanol–water partition coefficient (Wildman–Crippen LogP) is 3.11. The van der Waals surface area contributed by atoms with Crippen molar-refractivity contribution in [2.24, 2.45) is 5.92 Å². The van der Waals surface area contributed by atoms with Crippen molar-refractivity contribution in [1.82, 2.24) is 9.47 Å². The van der Waals surface area contributed by atoms with Crippen LogP contribution in [0, 0.1) is 5.92 Å². The average Bonchev–Trinajstić information content (AvgIpc) is 2.89. The first-order chi connectivity index (χ1) is 10.7. The zero-order valence-electron chi connectivity index (χ0n) is 13.3. The second-order valence-corrected chi connectivity index (χ2v) is 7.40. The van der Waals surface area contributed by atoms with Crippen LogP contribution >= 0.6 is 0 Å². The van der Waals surface area contributed by atoms with Gasteiger partial charge in [0.1, 0.15) is 0 Å². The number of piperidine rings is 1. The molecule has 0 bridgehead atoms. The molecule has 0 aliphatic carbocycles. The van der Waals surface area contributed by atoms with E-state index in [4.69, 9.17) is 0 Å². The molecule has 0 saturated carbocycles. The first kappa shape index (κ1) is 13.1. The molecule has 3 aliphatic rings. The summed E-state index contributed by atoms with van der Waals surface area (Å²) < 4.78 is 2.45. The number of nitrogens with zero attached hydrogens (tertiary/aromatic N) is 2. The van der Waals surface area contributed by atoms with Crippen molar-refractivity contribution in [2.75, 3.05) is 13.1 Å². The maximum Gasteiger partial charge on any atom is 0.0870 e. The van der Waals surface area contributed by atoms with Gasteiger partial charge in [-0.05, 0) is 43.9 Å². The topological polar surface area (TPSA) is 28.4 Å². The van der Waals surface area contributed by atoms with Crippen LogP contribution in [0.2, 0.25) is 0 Å². The second-order valence-electron chi connectivity index (χ2n) is 7.40. The minimum atomic E-state index is -0.549. The van der Waals surface area contributed by atoms with Crippen molar-refractivity contribution in [1.29, 1.82) is 0 Å². The Hall–Kier alpha value is -1.32. The summed E-state index contributed by atoms with van der Waals surface area (Å²) in [5, 5.41) is 12.8. The quantitative estimate of drug-likeness (QED) is 0.876. The summed E-state index contributed by atoms with van der Waals surface area (Å²) in [6, 6.07) is 9.23. The third kappa shape index (κ3) is 1.49. The lowest BCUT2D eigenvalue weighted by Crippen LogP contribution is -2.57. The molecule has 3 nitrogen and oxygen atoms in total. The summed E-state index contributed by atoms with van der Waals surface area (Å²) in [5.74, 6) is 0.405. The van der Waals surface area contributed by atoms with Crippen LogP contribution in [-0.2, 0) is 13.0 Å². The van der Waals surface area contributed by atoms with Crippen molar-refractivity contribution in [3.05, 3.63) is 35.5 Å². The van der Waals surface area contributed by atoms with Gasteiger partial charge in [0.25, 0.3) is 0 Å². The molecule has 116 valence electrons. The fourth-order valence-electron chi connectivity index (χ4n) is 5.43. The van der Waals surface area contributed by atoms with Gasteiger partial charge in [-0.1, -0.05) is 25.1 Å². The van der Waals surface area contributed by atoms with Gasteiger partial charge in [-0.15, -0.1) is 0 Å². The van der Waals surface area contributed by atoms with Gasteiger partial charge in [0.15, 0.2) is 0 Å². The van der Waals surface area contributed by atoms with Crippen LogP contribution in [-0.4, -0.2) is 33.3 Å². The minimum absolute atomic E-state index is 0.405. The molecule has 3 heteroatoms. The maximum absolute atomic E-state index is 11.4. The van der Waals surface area contributed by atoms with Gasteiger partial charge >= 0.3 is 0 Å². The van der Waals surface area contributed by atoms with Crippen molar-refractivity contribution in [2.45, 2.75) is 50.8 Å². The van der Waals surface area contributed by atoms with Gasteiger partial charge in [-0.3, -0.25) is 4.90 Å². The highest BCUT2D eigenvalue weighted by molar-refractivity contribution is 5.86. The third-order valence-corrected chi connectivity index (χ3v) is 6.52. The van der Waals surface area contributed by atoms with Gasteiger partial charge in [0.05, 0.1) is 18.2 Å². The number of hydrogen-bond donors (Lipinski definition) is 1. The summed E-state index contributed by atoms with van der Waals surface area (Å²) in [6.45, 7) is 5.28. The maximum atomic E-state index is 11.4. The Labute approximate surface area is 131 Å². The van der Waals surface area contributed by atoms with E-state index >= 15 is 0 Å². The molecule has 1 aromatic carbocycles. The van der Waals surface area contributed by atoms with Crippen molar-refractivity contribution < 1.29 is 5.11 Å². The largest absolute Gasteiger partial charge is 0.388 e. The summed E-state index contributed by atoms with van der Waals surface area (Å²) >= 11 is 0. The number of aromatic nitrogens is 1. The van der Waals surface area contributed by atoms with E-state index in [-0.39, 0.29) is 0 Å². The highest BCUT2D eigenvalue weighted by Gasteiger charge is 2.51. The molecule has 4 heterocycles. The van der Waals surface area contributed by atoms with E-state index < -0.39 is 5.60 Å². The summed E-state index contributed by atoms with van der Waals surface area (Å²) in [5.41, 5.74) is 3.86. The molecule has 1 aromatic heterocycles. The second kappa shape index (κ2) is 4.36. The van der Waals surface area contributed by atoms with Crippen molar-refractivity contribution >= 4 is 10.9 Å². The van der Waals surface area contributed by atoms with E-state index in [2.05, 4.69) is 40.7 Å². The smallest absolute Gasteiger partial charge is 0.0870 e. The van der Waals surface area contributed by atoms with Gasteiger partial charge in [0, 0.05) is 29.1 Å². The zero-order chi connectivity index (χ0) is 14.9. The first-order valence-electron chi connectivity index (χ1n) is 8.79. The van der Waals surface area contributed by atoms with Crippen molar-refractivity contribution in [3.63, 3.8) is 0 Å². The summed E-state index contributed by atoms with van der Waals surface area (Å²) in [4.78, 5) is 2.64. The van der Waals surface area contributed by atoms with E-state index in [0.717, 1.165) is 25.9 Å². The lowest BCUT2D eigenvalue weighted by atomic mass is 9.69. The normalized spacial score (nSPS) is 33.9. The molecule has 0 radical (unpaired) electrons. The number of aliphatic hydroxyl groups is 1. The monoisotopic (exact) mass is 296 g/mol. The number of benzene rings is 1. The molecule has 22 heavy (non-hydrogen) atoms. The van der Waals surface area contributed by atoms with Crippen LogP contribution in [0.4, 0.5) is 0 Å². The molecule has 1 N–H and O–H groups in total. The lowest BCUT2D eigenvalue weighted by Gasteiger charge is -2.53.